The molecule has 0 radical (unpaired) electrons. The summed E-state index contributed by atoms with van der Waals surface area (Å²) in [6.45, 7) is 5.49. The Morgan fingerprint density at radius 3 is 2.30 bits per heavy atom. The van der Waals surface area contributed by atoms with Crippen LogP contribution in [0.15, 0.2) is 18.2 Å². The Labute approximate surface area is 135 Å². The molecule has 6 heteroatoms. The summed E-state index contributed by atoms with van der Waals surface area (Å²) < 4.78 is 14.3. The third kappa shape index (κ3) is 3.30. The van der Waals surface area contributed by atoms with Crippen molar-refractivity contribution in [1.29, 1.82) is 0 Å². The Hall–Kier alpha value is -2.11. The van der Waals surface area contributed by atoms with E-state index in [1.165, 1.54) is 6.07 Å². The quantitative estimate of drug-likeness (QED) is 0.856. The molecule has 23 heavy (non-hydrogen) atoms. The molecule has 0 bridgehead atoms. The number of hydrogen-bond acceptors (Lipinski definition) is 3. The summed E-state index contributed by atoms with van der Waals surface area (Å²) in [6.07, 6.45) is 2.01. The van der Waals surface area contributed by atoms with Gasteiger partial charge in [-0.25, -0.2) is 4.39 Å². The number of carbonyl (C=O) groups excluding carboxylic acids is 2. The van der Waals surface area contributed by atoms with Crippen molar-refractivity contribution in [1.82, 2.24) is 4.90 Å². The third-order valence-electron chi connectivity index (χ3n) is 4.52. The normalized spacial score (nSPS) is 18.0. The number of rotatable bonds is 3. The van der Waals surface area contributed by atoms with Crippen LogP contribution in [0.25, 0.3) is 0 Å². The summed E-state index contributed by atoms with van der Waals surface area (Å²) in [5, 5.41) is 0. The lowest BCUT2D eigenvalue weighted by Crippen LogP contribution is -2.48. The smallest absolute Gasteiger partial charge is 0.224 e. The number of anilines is 2. The van der Waals surface area contributed by atoms with Gasteiger partial charge in [0.1, 0.15) is 5.82 Å². The lowest BCUT2D eigenvalue weighted by molar-refractivity contribution is -0.129. The molecule has 2 amide bonds. The summed E-state index contributed by atoms with van der Waals surface area (Å²) in [6, 6.07) is 5.11. The Bertz CT molecular complexity index is 622. The maximum atomic E-state index is 14.3. The van der Waals surface area contributed by atoms with E-state index in [0.717, 1.165) is 18.5 Å². The Morgan fingerprint density at radius 1 is 1.13 bits per heavy atom. The predicted molar refractivity (Wildman–Crippen MR) is 87.0 cm³/mol. The molecule has 2 fully saturated rings. The van der Waals surface area contributed by atoms with Crippen molar-refractivity contribution in [3.8, 4) is 0 Å². The summed E-state index contributed by atoms with van der Waals surface area (Å²) in [7, 11) is 0. The van der Waals surface area contributed by atoms with Crippen LogP contribution in [0.3, 0.4) is 0 Å². The van der Waals surface area contributed by atoms with Gasteiger partial charge < -0.3 is 14.7 Å². The fourth-order valence-electron chi connectivity index (χ4n) is 3.14. The molecular weight excluding hydrogens is 297 g/mol. The SMILES string of the molecule is CC(=O)N1CCN(c2cc(N(C(C)=O)C3CC3)ccc2F)CC1. The highest BCUT2D eigenvalue weighted by Crippen LogP contribution is 2.34. The maximum Gasteiger partial charge on any atom is 0.224 e. The second kappa shape index (κ2) is 6.18. The van der Waals surface area contributed by atoms with Crippen molar-refractivity contribution in [2.75, 3.05) is 36.0 Å². The minimum Gasteiger partial charge on any atom is -0.366 e. The number of carbonyl (C=O) groups is 2. The van der Waals surface area contributed by atoms with Crippen LogP contribution in [0.1, 0.15) is 26.7 Å². The lowest BCUT2D eigenvalue weighted by atomic mass is 10.2. The van der Waals surface area contributed by atoms with Crippen LogP contribution in [0.2, 0.25) is 0 Å². The molecule has 2 aliphatic rings. The minimum atomic E-state index is -0.288. The van der Waals surface area contributed by atoms with Gasteiger partial charge >= 0.3 is 0 Å². The number of halogens is 1. The topological polar surface area (TPSA) is 43.9 Å². The molecule has 1 heterocycles. The van der Waals surface area contributed by atoms with Gasteiger partial charge in [-0.1, -0.05) is 0 Å². The van der Waals surface area contributed by atoms with E-state index in [1.54, 1.807) is 35.8 Å². The second-order valence-electron chi connectivity index (χ2n) is 6.25. The molecule has 1 aromatic carbocycles. The summed E-state index contributed by atoms with van der Waals surface area (Å²) in [5.74, 6) is -0.244. The minimum absolute atomic E-state index is 0.00791. The number of piperazine rings is 1. The highest BCUT2D eigenvalue weighted by atomic mass is 19.1. The van der Waals surface area contributed by atoms with Gasteiger partial charge in [-0.15, -0.1) is 0 Å². The molecule has 1 aliphatic heterocycles. The van der Waals surface area contributed by atoms with E-state index in [-0.39, 0.29) is 23.7 Å². The predicted octanol–water partition coefficient (Wildman–Crippen LogP) is 2.01. The Balaban J connectivity index is 1.81. The molecule has 0 spiro atoms. The van der Waals surface area contributed by atoms with Crippen molar-refractivity contribution in [2.45, 2.75) is 32.7 Å². The van der Waals surface area contributed by atoms with Crippen LogP contribution in [0, 0.1) is 5.82 Å². The highest BCUT2D eigenvalue weighted by Gasteiger charge is 2.32. The molecule has 0 N–H and O–H groups in total. The fraction of sp³-hybridized carbons (Fsp3) is 0.529. The van der Waals surface area contributed by atoms with Gasteiger partial charge in [0.25, 0.3) is 0 Å². The zero-order valence-electron chi connectivity index (χ0n) is 13.6. The first-order chi connectivity index (χ1) is 11.0. The van der Waals surface area contributed by atoms with Crippen LogP contribution >= 0.6 is 0 Å². The van der Waals surface area contributed by atoms with Gasteiger partial charge in [-0.3, -0.25) is 9.59 Å². The number of amides is 2. The Kier molecular flexibility index (Phi) is 4.24. The molecule has 1 saturated carbocycles. The van der Waals surface area contributed by atoms with Crippen molar-refractivity contribution in [3.05, 3.63) is 24.0 Å². The van der Waals surface area contributed by atoms with Crippen molar-refractivity contribution in [3.63, 3.8) is 0 Å². The average Bonchev–Trinajstić information content (AvgIpc) is 3.33. The molecule has 0 atom stereocenters. The molecule has 1 aliphatic carbocycles. The first-order valence-electron chi connectivity index (χ1n) is 8.07. The van der Waals surface area contributed by atoms with Gasteiger partial charge in [-0.05, 0) is 31.0 Å². The zero-order valence-corrected chi connectivity index (χ0v) is 13.6. The van der Waals surface area contributed by atoms with Crippen molar-refractivity contribution < 1.29 is 14.0 Å². The first kappa shape index (κ1) is 15.8. The summed E-state index contributed by atoms with van der Waals surface area (Å²) in [4.78, 5) is 28.8. The van der Waals surface area contributed by atoms with E-state index in [9.17, 15) is 14.0 Å². The molecule has 124 valence electrons. The van der Waals surface area contributed by atoms with Crippen LogP contribution < -0.4 is 9.80 Å². The zero-order chi connectivity index (χ0) is 16.6. The molecule has 0 aromatic heterocycles. The lowest BCUT2D eigenvalue weighted by Gasteiger charge is -2.36. The standard InChI is InChI=1S/C17H22FN3O2/c1-12(22)19-7-9-20(10-8-19)17-11-15(5-6-16(17)18)21(13(2)23)14-3-4-14/h5-6,11,14H,3-4,7-10H2,1-2H3. The van der Waals surface area contributed by atoms with Gasteiger partial charge in [0.15, 0.2) is 0 Å². The Morgan fingerprint density at radius 2 is 1.78 bits per heavy atom. The van der Waals surface area contributed by atoms with E-state index in [2.05, 4.69) is 0 Å². The third-order valence-corrected chi connectivity index (χ3v) is 4.52. The number of hydrogen-bond donors (Lipinski definition) is 0. The van der Waals surface area contributed by atoms with Crippen LogP contribution in [-0.2, 0) is 9.59 Å². The second-order valence-corrected chi connectivity index (χ2v) is 6.25. The fourth-order valence-corrected chi connectivity index (χ4v) is 3.14. The molecule has 0 unspecified atom stereocenters. The van der Waals surface area contributed by atoms with E-state index < -0.39 is 0 Å². The number of benzene rings is 1. The van der Waals surface area contributed by atoms with Gasteiger partial charge in [0.05, 0.1) is 5.69 Å². The van der Waals surface area contributed by atoms with Crippen LogP contribution in [0.5, 0.6) is 0 Å². The average molecular weight is 319 g/mol. The number of nitrogens with zero attached hydrogens (tertiary/aromatic N) is 3. The highest BCUT2D eigenvalue weighted by molar-refractivity contribution is 5.93. The van der Waals surface area contributed by atoms with E-state index >= 15 is 0 Å². The maximum absolute atomic E-state index is 14.3. The first-order valence-corrected chi connectivity index (χ1v) is 8.07. The van der Waals surface area contributed by atoms with Crippen LogP contribution in [0.4, 0.5) is 15.8 Å². The van der Waals surface area contributed by atoms with E-state index in [1.807, 2.05) is 4.90 Å². The van der Waals surface area contributed by atoms with Crippen LogP contribution in [-0.4, -0.2) is 48.9 Å². The van der Waals surface area contributed by atoms with Crippen molar-refractivity contribution in [2.24, 2.45) is 0 Å². The molecule has 1 aromatic rings. The van der Waals surface area contributed by atoms with E-state index in [4.69, 9.17) is 0 Å². The molecule has 1 saturated heterocycles. The van der Waals surface area contributed by atoms with Crippen molar-refractivity contribution >= 4 is 23.2 Å². The largest absolute Gasteiger partial charge is 0.366 e. The van der Waals surface area contributed by atoms with Gasteiger partial charge in [-0.2, -0.15) is 0 Å². The molecule has 3 rings (SSSR count). The monoisotopic (exact) mass is 319 g/mol. The van der Waals surface area contributed by atoms with Gasteiger partial charge in [0, 0.05) is 51.8 Å². The molecular formula is C17H22FN3O2. The van der Waals surface area contributed by atoms with Gasteiger partial charge in [0.2, 0.25) is 11.8 Å². The van der Waals surface area contributed by atoms with E-state index in [0.29, 0.717) is 31.9 Å². The molecule has 5 nitrogen and oxygen atoms in total. The summed E-state index contributed by atoms with van der Waals surface area (Å²) in [5.41, 5.74) is 1.27. The summed E-state index contributed by atoms with van der Waals surface area (Å²) >= 11 is 0.